The Morgan fingerprint density at radius 2 is 1.76 bits per heavy atom. The van der Waals surface area contributed by atoms with Crippen molar-refractivity contribution >= 4 is 10.8 Å². The summed E-state index contributed by atoms with van der Waals surface area (Å²) >= 11 is 0. The Morgan fingerprint density at radius 3 is 2.39 bits per heavy atom. The molecule has 1 N–H and O–H groups in total. The van der Waals surface area contributed by atoms with E-state index in [9.17, 15) is 4.79 Å². The maximum atomic E-state index is 12.1. The third-order valence-electron chi connectivity index (χ3n) is 7.81. The first-order chi connectivity index (χ1) is 16.0. The van der Waals surface area contributed by atoms with Gasteiger partial charge in [-0.05, 0) is 86.8 Å². The number of H-pyrrole nitrogens is 1. The van der Waals surface area contributed by atoms with Crippen molar-refractivity contribution in [2.45, 2.75) is 77.4 Å². The lowest BCUT2D eigenvalue weighted by Crippen LogP contribution is -2.53. The van der Waals surface area contributed by atoms with E-state index in [1.54, 1.807) is 6.20 Å². The van der Waals surface area contributed by atoms with E-state index < -0.39 is 0 Å². The van der Waals surface area contributed by atoms with Gasteiger partial charge in [0.25, 0.3) is 5.56 Å². The molecule has 4 heteroatoms. The van der Waals surface area contributed by atoms with Gasteiger partial charge in [-0.1, -0.05) is 51.1 Å². The van der Waals surface area contributed by atoms with Gasteiger partial charge in [-0.2, -0.15) is 0 Å². The summed E-state index contributed by atoms with van der Waals surface area (Å²) in [5.41, 5.74) is 2.61. The topological polar surface area (TPSA) is 45.3 Å². The van der Waals surface area contributed by atoms with Crippen molar-refractivity contribution in [2.24, 2.45) is 0 Å². The molecule has 1 atom stereocenters. The fraction of sp³-hybridized carbons (Fsp3) is 0.483. The van der Waals surface area contributed by atoms with E-state index in [0.717, 1.165) is 67.3 Å². The van der Waals surface area contributed by atoms with Crippen LogP contribution in [0.25, 0.3) is 10.8 Å². The molecule has 4 rings (SSSR count). The van der Waals surface area contributed by atoms with Gasteiger partial charge in [-0.3, -0.25) is 4.79 Å². The Morgan fingerprint density at radius 1 is 1.06 bits per heavy atom. The molecular formula is C29H38N2O2. The molecular weight excluding hydrogens is 408 g/mol. The number of nitrogens with zero attached hydrogens (tertiary/aromatic N) is 1. The molecule has 176 valence electrons. The smallest absolute Gasteiger partial charge is 0.255 e. The van der Waals surface area contributed by atoms with E-state index in [1.165, 1.54) is 5.56 Å². The summed E-state index contributed by atoms with van der Waals surface area (Å²) in [6, 6.07) is 17.6. The standard InChI is InChI=1S/C29H38N2O2/c1-5-27(31(6-2)7-3)29(23-11-9-8-10-12-23)16-13-24(14-17-29)33-26-20-22-15-18-30-28(32)25(22)19-21(26)4/h8-12,15,18-20,24,27H,5-7,13-14,16-17H2,1-4H3,(H,30,32). The van der Waals surface area contributed by atoms with Crippen LogP contribution in [0.5, 0.6) is 5.75 Å². The zero-order valence-corrected chi connectivity index (χ0v) is 20.6. The molecule has 2 aromatic carbocycles. The molecule has 1 saturated carbocycles. The second-order valence-corrected chi connectivity index (χ2v) is 9.50. The molecule has 3 aromatic rings. The molecule has 33 heavy (non-hydrogen) atoms. The van der Waals surface area contributed by atoms with Crippen LogP contribution < -0.4 is 10.3 Å². The van der Waals surface area contributed by atoms with Crippen LogP contribution >= 0.6 is 0 Å². The highest BCUT2D eigenvalue weighted by Gasteiger charge is 2.44. The first kappa shape index (κ1) is 23.6. The molecule has 4 nitrogen and oxygen atoms in total. The number of hydrogen-bond donors (Lipinski definition) is 1. The molecule has 1 aliphatic rings. The number of aromatic amines is 1. The van der Waals surface area contributed by atoms with Gasteiger partial charge in [0.1, 0.15) is 5.75 Å². The lowest BCUT2D eigenvalue weighted by Gasteiger charge is -2.49. The summed E-state index contributed by atoms with van der Waals surface area (Å²) in [5, 5.41) is 1.65. The lowest BCUT2D eigenvalue weighted by molar-refractivity contribution is 0.0506. The first-order valence-corrected chi connectivity index (χ1v) is 12.6. The number of pyridine rings is 1. The van der Waals surface area contributed by atoms with E-state index in [1.807, 2.05) is 25.1 Å². The number of fused-ring (bicyclic) bond motifs is 1. The van der Waals surface area contributed by atoms with Crippen molar-refractivity contribution in [2.75, 3.05) is 13.1 Å². The second-order valence-electron chi connectivity index (χ2n) is 9.50. The summed E-state index contributed by atoms with van der Waals surface area (Å²) in [7, 11) is 0. The Labute approximate surface area is 198 Å². The fourth-order valence-corrected chi connectivity index (χ4v) is 6.10. The summed E-state index contributed by atoms with van der Waals surface area (Å²) in [6.07, 6.45) is 7.40. The molecule has 0 bridgehead atoms. The highest BCUT2D eigenvalue weighted by molar-refractivity contribution is 5.83. The third-order valence-corrected chi connectivity index (χ3v) is 7.81. The first-order valence-electron chi connectivity index (χ1n) is 12.6. The van der Waals surface area contributed by atoms with Crippen LogP contribution in [0.3, 0.4) is 0 Å². The van der Waals surface area contributed by atoms with Gasteiger partial charge in [0.2, 0.25) is 0 Å². The van der Waals surface area contributed by atoms with Crippen molar-refractivity contribution in [3.05, 3.63) is 76.2 Å². The minimum atomic E-state index is -0.0468. The van der Waals surface area contributed by atoms with Gasteiger partial charge in [0.05, 0.1) is 6.10 Å². The van der Waals surface area contributed by atoms with Crippen molar-refractivity contribution in [3.63, 3.8) is 0 Å². The number of nitrogens with one attached hydrogen (secondary N) is 1. The fourth-order valence-electron chi connectivity index (χ4n) is 6.10. The highest BCUT2D eigenvalue weighted by Crippen LogP contribution is 2.46. The Bertz CT molecular complexity index is 1110. The monoisotopic (exact) mass is 446 g/mol. The number of aryl methyl sites for hydroxylation is 1. The number of rotatable bonds is 8. The van der Waals surface area contributed by atoms with Crippen LogP contribution in [0.4, 0.5) is 0 Å². The Kier molecular flexibility index (Phi) is 7.23. The highest BCUT2D eigenvalue weighted by atomic mass is 16.5. The molecule has 0 aliphatic heterocycles. The number of benzene rings is 2. The average molecular weight is 447 g/mol. The predicted molar refractivity (Wildman–Crippen MR) is 137 cm³/mol. The predicted octanol–water partition coefficient (Wildman–Crippen LogP) is 6.22. The molecule has 1 unspecified atom stereocenters. The van der Waals surface area contributed by atoms with E-state index in [-0.39, 0.29) is 17.1 Å². The number of likely N-dealkylation sites (N-methyl/N-ethyl adjacent to an activating group) is 1. The molecule has 0 spiro atoms. The van der Waals surface area contributed by atoms with Gasteiger partial charge >= 0.3 is 0 Å². The SMILES string of the molecule is CCC(N(CC)CC)C1(c2ccccc2)CCC(Oc2cc3cc[nH]c(=O)c3cc2C)CC1. The summed E-state index contributed by atoms with van der Waals surface area (Å²) in [4.78, 5) is 17.5. The van der Waals surface area contributed by atoms with E-state index in [2.05, 4.69) is 61.0 Å². The van der Waals surface area contributed by atoms with Gasteiger partial charge in [0.15, 0.2) is 0 Å². The van der Waals surface area contributed by atoms with Crippen LogP contribution in [0.15, 0.2) is 59.5 Å². The van der Waals surface area contributed by atoms with Gasteiger partial charge in [-0.15, -0.1) is 0 Å². The molecule has 1 fully saturated rings. The molecule has 1 aromatic heterocycles. The third kappa shape index (κ3) is 4.59. The minimum absolute atomic E-state index is 0.0468. The number of ether oxygens (including phenoxy) is 1. The molecule has 1 aliphatic carbocycles. The van der Waals surface area contributed by atoms with Crippen LogP contribution in [-0.4, -0.2) is 35.1 Å². The van der Waals surface area contributed by atoms with Crippen LogP contribution in [0.1, 0.15) is 64.0 Å². The normalized spacial score (nSPS) is 21.9. The minimum Gasteiger partial charge on any atom is -0.490 e. The van der Waals surface area contributed by atoms with Gasteiger partial charge in [0, 0.05) is 23.0 Å². The maximum absolute atomic E-state index is 12.1. The maximum Gasteiger partial charge on any atom is 0.255 e. The zero-order chi connectivity index (χ0) is 23.4. The van der Waals surface area contributed by atoms with Crippen LogP contribution in [0, 0.1) is 6.92 Å². The van der Waals surface area contributed by atoms with E-state index in [0.29, 0.717) is 6.04 Å². The number of hydrogen-bond acceptors (Lipinski definition) is 3. The molecule has 1 heterocycles. The van der Waals surface area contributed by atoms with Crippen molar-refractivity contribution in [1.82, 2.24) is 9.88 Å². The molecule has 0 amide bonds. The van der Waals surface area contributed by atoms with Crippen LogP contribution in [0.2, 0.25) is 0 Å². The zero-order valence-electron chi connectivity index (χ0n) is 20.6. The Hall–Kier alpha value is -2.59. The largest absolute Gasteiger partial charge is 0.490 e. The summed E-state index contributed by atoms with van der Waals surface area (Å²) in [5.74, 6) is 0.904. The summed E-state index contributed by atoms with van der Waals surface area (Å²) < 4.78 is 6.56. The van der Waals surface area contributed by atoms with Gasteiger partial charge < -0.3 is 14.6 Å². The lowest BCUT2D eigenvalue weighted by atomic mass is 9.63. The van der Waals surface area contributed by atoms with Crippen molar-refractivity contribution in [1.29, 1.82) is 0 Å². The average Bonchev–Trinajstić information content (AvgIpc) is 2.85. The number of aromatic nitrogens is 1. The summed E-state index contributed by atoms with van der Waals surface area (Å²) in [6.45, 7) is 11.1. The van der Waals surface area contributed by atoms with E-state index >= 15 is 0 Å². The molecule has 0 radical (unpaired) electrons. The van der Waals surface area contributed by atoms with Crippen LogP contribution in [-0.2, 0) is 5.41 Å². The second kappa shape index (κ2) is 10.1. The van der Waals surface area contributed by atoms with Crippen molar-refractivity contribution in [3.8, 4) is 5.75 Å². The quantitative estimate of drug-likeness (QED) is 0.447. The van der Waals surface area contributed by atoms with Gasteiger partial charge in [-0.25, -0.2) is 0 Å². The molecule has 0 saturated heterocycles. The Balaban J connectivity index is 1.59. The van der Waals surface area contributed by atoms with E-state index in [4.69, 9.17) is 4.74 Å². The van der Waals surface area contributed by atoms with Crippen molar-refractivity contribution < 1.29 is 4.74 Å².